The molecule has 1 atom stereocenters. The van der Waals surface area contributed by atoms with E-state index >= 15 is 0 Å². The Hall–Kier alpha value is -1.82. The normalized spacial score (nSPS) is 18.0. The summed E-state index contributed by atoms with van der Waals surface area (Å²) in [5.41, 5.74) is 5.65. The number of ketones is 1. The Morgan fingerprint density at radius 2 is 2.00 bits per heavy atom. The van der Waals surface area contributed by atoms with Crippen molar-refractivity contribution < 1.29 is 18.4 Å². The van der Waals surface area contributed by atoms with Crippen LogP contribution < -0.4 is 5.73 Å². The second-order valence-corrected chi connectivity index (χ2v) is 5.28. The molecule has 1 aromatic carbocycles. The molecule has 21 heavy (non-hydrogen) atoms. The number of carbonyl (C=O) groups excluding carboxylic acids is 2. The molecule has 6 heteroatoms. The van der Waals surface area contributed by atoms with Gasteiger partial charge >= 0.3 is 0 Å². The zero-order valence-electron chi connectivity index (χ0n) is 11.6. The first-order valence-corrected chi connectivity index (χ1v) is 6.97. The van der Waals surface area contributed by atoms with Crippen LogP contribution in [-0.4, -0.2) is 36.2 Å². The average molecular weight is 296 g/mol. The predicted octanol–water partition coefficient (Wildman–Crippen LogP) is 1.73. The number of Topliss-reactive ketones (excluding diaryl/α,β-unsaturated/α-hetero) is 1. The van der Waals surface area contributed by atoms with Gasteiger partial charge in [-0.3, -0.25) is 9.59 Å². The smallest absolute Gasteiger partial charge is 0.223 e. The molecule has 1 saturated heterocycles. The lowest BCUT2D eigenvalue weighted by Crippen LogP contribution is -2.30. The summed E-state index contributed by atoms with van der Waals surface area (Å²) in [6.45, 7) is 1.85. The van der Waals surface area contributed by atoms with Gasteiger partial charge < -0.3 is 10.6 Å². The molecule has 0 aromatic heterocycles. The van der Waals surface area contributed by atoms with E-state index < -0.39 is 11.6 Å². The molecule has 1 heterocycles. The summed E-state index contributed by atoms with van der Waals surface area (Å²) in [5, 5.41) is 0. The third-order valence-corrected chi connectivity index (χ3v) is 3.78. The molecule has 0 saturated carbocycles. The summed E-state index contributed by atoms with van der Waals surface area (Å²) in [6.07, 6.45) is 0.960. The Bertz CT molecular complexity index is 548. The van der Waals surface area contributed by atoms with E-state index in [1.54, 1.807) is 4.90 Å². The van der Waals surface area contributed by atoms with E-state index in [4.69, 9.17) is 5.73 Å². The standard InChI is InChI=1S/C15H18F2N2O2/c16-12-2-1-11(7-13(12)17)14(20)3-4-15(21)19-6-5-10(8-18)9-19/h1-2,7,10H,3-6,8-9,18H2. The van der Waals surface area contributed by atoms with Gasteiger partial charge in [0.1, 0.15) is 0 Å². The van der Waals surface area contributed by atoms with Crippen molar-refractivity contribution in [1.29, 1.82) is 0 Å². The van der Waals surface area contributed by atoms with Crippen LogP contribution in [0.4, 0.5) is 8.78 Å². The lowest BCUT2D eigenvalue weighted by Gasteiger charge is -2.15. The molecule has 0 spiro atoms. The van der Waals surface area contributed by atoms with Crippen LogP contribution in [0.5, 0.6) is 0 Å². The highest BCUT2D eigenvalue weighted by molar-refractivity contribution is 5.97. The number of amides is 1. The van der Waals surface area contributed by atoms with E-state index in [0.717, 1.165) is 18.6 Å². The van der Waals surface area contributed by atoms with E-state index in [1.165, 1.54) is 6.07 Å². The first-order valence-electron chi connectivity index (χ1n) is 6.97. The fourth-order valence-electron chi connectivity index (χ4n) is 2.44. The van der Waals surface area contributed by atoms with Crippen molar-refractivity contribution in [3.8, 4) is 0 Å². The molecule has 1 aliphatic heterocycles. The van der Waals surface area contributed by atoms with Crippen LogP contribution in [0.3, 0.4) is 0 Å². The van der Waals surface area contributed by atoms with Gasteiger partial charge in [-0.2, -0.15) is 0 Å². The van der Waals surface area contributed by atoms with Crippen molar-refractivity contribution in [2.75, 3.05) is 19.6 Å². The number of benzene rings is 1. The fourth-order valence-corrected chi connectivity index (χ4v) is 2.44. The van der Waals surface area contributed by atoms with Gasteiger partial charge in [0.05, 0.1) is 0 Å². The van der Waals surface area contributed by atoms with Crippen molar-refractivity contribution in [3.05, 3.63) is 35.4 Å². The Morgan fingerprint density at radius 3 is 2.62 bits per heavy atom. The Kier molecular flexibility index (Phi) is 5.01. The molecule has 0 bridgehead atoms. The van der Waals surface area contributed by atoms with Gasteiger partial charge in [0.2, 0.25) is 5.91 Å². The van der Waals surface area contributed by atoms with Crippen molar-refractivity contribution in [1.82, 2.24) is 4.90 Å². The first kappa shape index (κ1) is 15.6. The largest absolute Gasteiger partial charge is 0.342 e. The highest BCUT2D eigenvalue weighted by Crippen LogP contribution is 2.17. The number of rotatable bonds is 5. The van der Waals surface area contributed by atoms with Gasteiger partial charge in [0.15, 0.2) is 17.4 Å². The second-order valence-electron chi connectivity index (χ2n) is 5.28. The van der Waals surface area contributed by atoms with E-state index in [9.17, 15) is 18.4 Å². The zero-order chi connectivity index (χ0) is 15.4. The minimum atomic E-state index is -1.06. The van der Waals surface area contributed by atoms with Gasteiger partial charge in [-0.15, -0.1) is 0 Å². The molecule has 4 nitrogen and oxygen atoms in total. The van der Waals surface area contributed by atoms with Gasteiger partial charge in [0, 0.05) is 31.5 Å². The molecular weight excluding hydrogens is 278 g/mol. The SMILES string of the molecule is NCC1CCN(C(=O)CCC(=O)c2ccc(F)c(F)c2)C1. The third-order valence-electron chi connectivity index (χ3n) is 3.78. The first-order chi connectivity index (χ1) is 10.0. The summed E-state index contributed by atoms with van der Waals surface area (Å²) < 4.78 is 25.8. The Balaban J connectivity index is 1.86. The maximum Gasteiger partial charge on any atom is 0.223 e. The van der Waals surface area contributed by atoms with Crippen LogP contribution in [0.2, 0.25) is 0 Å². The molecule has 1 amide bonds. The van der Waals surface area contributed by atoms with Crippen LogP contribution in [-0.2, 0) is 4.79 Å². The average Bonchev–Trinajstić information content (AvgIpc) is 2.96. The van der Waals surface area contributed by atoms with Gasteiger partial charge in [-0.25, -0.2) is 8.78 Å². The summed E-state index contributed by atoms with van der Waals surface area (Å²) >= 11 is 0. The lowest BCUT2D eigenvalue weighted by molar-refractivity contribution is -0.130. The van der Waals surface area contributed by atoms with Crippen molar-refractivity contribution in [2.24, 2.45) is 11.7 Å². The Morgan fingerprint density at radius 1 is 1.24 bits per heavy atom. The highest BCUT2D eigenvalue weighted by atomic mass is 19.2. The van der Waals surface area contributed by atoms with Gasteiger partial charge in [0.25, 0.3) is 0 Å². The minimum Gasteiger partial charge on any atom is -0.342 e. The van der Waals surface area contributed by atoms with Gasteiger partial charge in [-0.05, 0) is 37.1 Å². The van der Waals surface area contributed by atoms with Crippen molar-refractivity contribution in [3.63, 3.8) is 0 Å². The monoisotopic (exact) mass is 296 g/mol. The third kappa shape index (κ3) is 3.85. The number of hydrogen-bond donors (Lipinski definition) is 1. The predicted molar refractivity (Wildman–Crippen MR) is 73.7 cm³/mol. The molecule has 1 aliphatic rings. The van der Waals surface area contributed by atoms with Crippen LogP contribution in [0.15, 0.2) is 18.2 Å². The topological polar surface area (TPSA) is 63.4 Å². The lowest BCUT2D eigenvalue weighted by atomic mass is 10.1. The maximum atomic E-state index is 13.1. The molecule has 114 valence electrons. The molecule has 0 aliphatic carbocycles. The van der Waals surface area contributed by atoms with Crippen molar-refractivity contribution in [2.45, 2.75) is 19.3 Å². The molecule has 1 unspecified atom stereocenters. The second kappa shape index (κ2) is 6.76. The van der Waals surface area contributed by atoms with Crippen LogP contribution >= 0.6 is 0 Å². The summed E-state index contributed by atoms with van der Waals surface area (Å²) in [7, 11) is 0. The number of likely N-dealkylation sites (tertiary alicyclic amines) is 1. The zero-order valence-corrected chi connectivity index (χ0v) is 11.6. The minimum absolute atomic E-state index is 0.00625. The number of nitrogens with two attached hydrogens (primary N) is 1. The van der Waals surface area contributed by atoms with E-state index in [1.807, 2.05) is 0 Å². The number of hydrogen-bond acceptors (Lipinski definition) is 3. The van der Waals surface area contributed by atoms with Crippen LogP contribution in [0, 0.1) is 17.6 Å². The maximum absolute atomic E-state index is 13.1. The van der Waals surface area contributed by atoms with E-state index in [2.05, 4.69) is 0 Å². The molecule has 1 aromatic rings. The van der Waals surface area contributed by atoms with Crippen LogP contribution in [0.25, 0.3) is 0 Å². The van der Waals surface area contributed by atoms with Crippen LogP contribution in [0.1, 0.15) is 29.6 Å². The number of halogens is 2. The highest BCUT2D eigenvalue weighted by Gasteiger charge is 2.25. The fraction of sp³-hybridized carbons (Fsp3) is 0.467. The molecule has 0 radical (unpaired) electrons. The quantitative estimate of drug-likeness (QED) is 0.842. The Labute approximate surface area is 121 Å². The summed E-state index contributed by atoms with van der Waals surface area (Å²) in [6, 6.07) is 3.00. The molecular formula is C15H18F2N2O2. The van der Waals surface area contributed by atoms with Crippen molar-refractivity contribution >= 4 is 11.7 Å². The van der Waals surface area contributed by atoms with E-state index in [-0.39, 0.29) is 30.1 Å². The molecule has 1 fully saturated rings. The number of nitrogens with zero attached hydrogens (tertiary/aromatic N) is 1. The molecule has 2 rings (SSSR count). The summed E-state index contributed by atoms with van der Waals surface area (Å²) in [4.78, 5) is 25.5. The van der Waals surface area contributed by atoms with E-state index in [0.29, 0.717) is 25.6 Å². The summed E-state index contributed by atoms with van der Waals surface area (Å²) in [5.74, 6) is -2.18. The molecule has 2 N–H and O–H groups in total. The van der Waals surface area contributed by atoms with Gasteiger partial charge in [-0.1, -0.05) is 0 Å². The number of carbonyl (C=O) groups is 2.